The molecule has 4 rings (SSSR count). The molecule has 2 aromatic rings. The Morgan fingerprint density at radius 3 is 2.41 bits per heavy atom. The maximum absolute atomic E-state index is 13.1. The van der Waals surface area contributed by atoms with Crippen LogP contribution in [-0.4, -0.2) is 48.9 Å². The number of carbonyl (C=O) groups is 1. The Morgan fingerprint density at radius 2 is 1.79 bits per heavy atom. The van der Waals surface area contributed by atoms with E-state index in [0.29, 0.717) is 29.2 Å². The van der Waals surface area contributed by atoms with E-state index in [-0.39, 0.29) is 12.5 Å². The highest BCUT2D eigenvalue weighted by Gasteiger charge is 2.32. The van der Waals surface area contributed by atoms with Gasteiger partial charge in [-0.25, -0.2) is 0 Å². The quantitative estimate of drug-likeness (QED) is 0.862. The van der Waals surface area contributed by atoms with Gasteiger partial charge in [-0.1, -0.05) is 0 Å². The van der Waals surface area contributed by atoms with Gasteiger partial charge in [-0.15, -0.1) is 0 Å². The summed E-state index contributed by atoms with van der Waals surface area (Å²) in [6, 6.07) is 11.0. The zero-order valence-corrected chi connectivity index (χ0v) is 16.9. The lowest BCUT2D eigenvalue weighted by atomic mass is 9.94. The zero-order chi connectivity index (χ0) is 20.5. The molecule has 0 aromatic heterocycles. The Labute approximate surface area is 170 Å². The third-order valence-electron chi connectivity index (χ3n) is 5.47. The van der Waals surface area contributed by atoms with Gasteiger partial charge in [-0.3, -0.25) is 9.80 Å². The molecule has 7 heteroatoms. The molecule has 2 heterocycles. The second kappa shape index (κ2) is 7.75. The van der Waals surface area contributed by atoms with Crippen LogP contribution >= 0.6 is 0 Å². The van der Waals surface area contributed by atoms with Crippen molar-refractivity contribution >= 4 is 17.3 Å². The van der Waals surface area contributed by atoms with Gasteiger partial charge in [-0.05, 0) is 43.3 Å². The van der Waals surface area contributed by atoms with E-state index in [2.05, 4.69) is 5.10 Å². The summed E-state index contributed by atoms with van der Waals surface area (Å²) in [7, 11) is 3.15. The number of aliphatic hydroxyl groups is 1. The second-order valence-corrected chi connectivity index (χ2v) is 7.32. The first-order valence-corrected chi connectivity index (χ1v) is 9.64. The molecule has 7 nitrogen and oxygen atoms in total. The van der Waals surface area contributed by atoms with Crippen LogP contribution in [0, 0.1) is 0 Å². The summed E-state index contributed by atoms with van der Waals surface area (Å²) in [5.41, 5.74) is 4.11. The largest absolute Gasteiger partial charge is 0.496 e. The van der Waals surface area contributed by atoms with Gasteiger partial charge in [0.15, 0.2) is 0 Å². The number of hydrogen-bond acceptors (Lipinski definition) is 6. The molecule has 2 aromatic carbocycles. The Hall–Kier alpha value is -3.06. The molecule has 2 aliphatic heterocycles. The number of fused-ring (bicyclic) bond motifs is 1. The summed E-state index contributed by atoms with van der Waals surface area (Å²) in [5, 5.41) is 17.2. The fourth-order valence-corrected chi connectivity index (χ4v) is 3.95. The summed E-state index contributed by atoms with van der Waals surface area (Å²) in [4.78, 5) is 14.7. The van der Waals surface area contributed by atoms with E-state index in [0.717, 1.165) is 29.9 Å². The average Bonchev–Trinajstić information content (AvgIpc) is 3.18. The highest BCUT2D eigenvalue weighted by atomic mass is 16.5. The topological polar surface area (TPSA) is 74.6 Å². The molecule has 152 valence electrons. The first-order chi connectivity index (χ1) is 14.0. The van der Waals surface area contributed by atoms with Crippen LogP contribution < -0.4 is 14.5 Å². The van der Waals surface area contributed by atoms with Crippen LogP contribution in [0.15, 0.2) is 41.5 Å². The number of hydrazone groups is 1. The number of β-amino-alcohol motifs (C(OH)–C–C–N with tert-alkyl or cyclic N) is 1. The standard InChI is InChI=1S/C22H25N3O4/c1-14-10-11-25(23-14)16-6-4-15(5-7-16)22(27)24-12-17-19(28-2)8-9-20(29-3)21(17)18(26)13-24/h4-9,18,26H,10-13H2,1-3H3. The Morgan fingerprint density at radius 1 is 1.10 bits per heavy atom. The molecule has 0 bridgehead atoms. The molecular formula is C22H25N3O4. The molecule has 1 atom stereocenters. The van der Waals surface area contributed by atoms with Crippen LogP contribution in [0.5, 0.6) is 11.5 Å². The second-order valence-electron chi connectivity index (χ2n) is 7.32. The first-order valence-electron chi connectivity index (χ1n) is 9.64. The number of aliphatic hydroxyl groups excluding tert-OH is 1. The monoisotopic (exact) mass is 395 g/mol. The van der Waals surface area contributed by atoms with Gasteiger partial charge >= 0.3 is 0 Å². The fourth-order valence-electron chi connectivity index (χ4n) is 3.95. The molecule has 0 aliphatic carbocycles. The molecule has 29 heavy (non-hydrogen) atoms. The summed E-state index contributed by atoms with van der Waals surface area (Å²) < 4.78 is 10.9. The Kier molecular flexibility index (Phi) is 5.15. The van der Waals surface area contributed by atoms with Crippen molar-refractivity contribution in [2.45, 2.75) is 26.0 Å². The van der Waals surface area contributed by atoms with Gasteiger partial charge in [0, 0.05) is 35.4 Å². The lowest BCUT2D eigenvalue weighted by molar-refractivity contribution is 0.0538. The van der Waals surface area contributed by atoms with Crippen molar-refractivity contribution in [1.29, 1.82) is 0 Å². The van der Waals surface area contributed by atoms with Crippen LogP contribution in [0.25, 0.3) is 0 Å². The van der Waals surface area contributed by atoms with E-state index in [1.54, 1.807) is 31.3 Å². The normalized spacial score (nSPS) is 18.3. The number of hydrogen-bond donors (Lipinski definition) is 1. The first kappa shape index (κ1) is 19.3. The van der Waals surface area contributed by atoms with Gasteiger partial charge in [0.1, 0.15) is 17.6 Å². The summed E-state index contributed by atoms with van der Waals surface area (Å²) >= 11 is 0. The predicted molar refractivity (Wildman–Crippen MR) is 111 cm³/mol. The number of anilines is 1. The van der Waals surface area contributed by atoms with Crippen LogP contribution in [-0.2, 0) is 6.54 Å². The van der Waals surface area contributed by atoms with Crippen LogP contribution in [0.3, 0.4) is 0 Å². The van der Waals surface area contributed by atoms with Gasteiger partial charge in [0.25, 0.3) is 5.91 Å². The number of amides is 1. The van der Waals surface area contributed by atoms with Crippen molar-refractivity contribution in [1.82, 2.24) is 4.90 Å². The molecule has 1 amide bonds. The maximum Gasteiger partial charge on any atom is 0.254 e. The van der Waals surface area contributed by atoms with E-state index < -0.39 is 6.10 Å². The summed E-state index contributed by atoms with van der Waals surface area (Å²) in [6.45, 7) is 3.42. The molecule has 0 spiro atoms. The van der Waals surface area contributed by atoms with Gasteiger partial charge in [0.05, 0.1) is 33.0 Å². The molecule has 1 N–H and O–H groups in total. The predicted octanol–water partition coefficient (Wildman–Crippen LogP) is 2.98. The van der Waals surface area contributed by atoms with E-state index in [9.17, 15) is 9.90 Å². The number of rotatable bonds is 4. The third kappa shape index (κ3) is 3.53. The van der Waals surface area contributed by atoms with Crippen molar-refractivity contribution in [2.75, 3.05) is 32.3 Å². The van der Waals surface area contributed by atoms with E-state index in [1.807, 2.05) is 36.2 Å². The number of nitrogens with zero attached hydrogens (tertiary/aromatic N) is 3. The maximum atomic E-state index is 13.1. The van der Waals surface area contributed by atoms with E-state index >= 15 is 0 Å². The van der Waals surface area contributed by atoms with Crippen molar-refractivity contribution in [3.05, 3.63) is 53.1 Å². The lowest BCUT2D eigenvalue weighted by Gasteiger charge is -2.34. The molecule has 0 saturated carbocycles. The molecular weight excluding hydrogens is 370 g/mol. The molecule has 2 aliphatic rings. The molecule has 0 saturated heterocycles. The van der Waals surface area contributed by atoms with Crippen LogP contribution in [0.1, 0.15) is 40.9 Å². The van der Waals surface area contributed by atoms with Gasteiger partial charge in [0.2, 0.25) is 0 Å². The van der Waals surface area contributed by atoms with Gasteiger partial charge < -0.3 is 19.5 Å². The summed E-state index contributed by atoms with van der Waals surface area (Å²) in [5.74, 6) is 1.11. The minimum Gasteiger partial charge on any atom is -0.496 e. The summed E-state index contributed by atoms with van der Waals surface area (Å²) in [6.07, 6.45) is 0.116. The zero-order valence-electron chi connectivity index (χ0n) is 16.9. The van der Waals surface area contributed by atoms with Crippen molar-refractivity contribution in [3.63, 3.8) is 0 Å². The smallest absolute Gasteiger partial charge is 0.254 e. The van der Waals surface area contributed by atoms with Crippen molar-refractivity contribution < 1.29 is 19.4 Å². The van der Waals surface area contributed by atoms with E-state index in [4.69, 9.17) is 9.47 Å². The molecule has 0 radical (unpaired) electrons. The van der Waals surface area contributed by atoms with Crippen molar-refractivity contribution in [3.8, 4) is 11.5 Å². The number of carbonyl (C=O) groups excluding carboxylic acids is 1. The molecule has 0 fully saturated rings. The molecule has 1 unspecified atom stereocenters. The van der Waals surface area contributed by atoms with Crippen LogP contribution in [0.2, 0.25) is 0 Å². The minimum absolute atomic E-state index is 0.132. The number of ether oxygens (including phenoxy) is 2. The average molecular weight is 395 g/mol. The SMILES string of the molecule is COc1ccc(OC)c2c1CN(C(=O)c1ccc(N3CCC(C)=N3)cc1)CC2O. The lowest BCUT2D eigenvalue weighted by Crippen LogP contribution is -2.38. The van der Waals surface area contributed by atoms with Gasteiger partial charge in [-0.2, -0.15) is 5.10 Å². The Bertz CT molecular complexity index is 955. The third-order valence-corrected chi connectivity index (χ3v) is 5.47. The number of benzene rings is 2. The fraction of sp³-hybridized carbons (Fsp3) is 0.364. The van der Waals surface area contributed by atoms with Crippen molar-refractivity contribution in [2.24, 2.45) is 5.10 Å². The highest BCUT2D eigenvalue weighted by molar-refractivity contribution is 5.95. The van der Waals surface area contributed by atoms with Crippen LogP contribution in [0.4, 0.5) is 5.69 Å². The minimum atomic E-state index is -0.839. The highest BCUT2D eigenvalue weighted by Crippen LogP contribution is 2.39. The van der Waals surface area contributed by atoms with E-state index in [1.165, 1.54) is 0 Å². The number of methoxy groups -OCH3 is 2. The Balaban J connectivity index is 1.58.